The van der Waals surface area contributed by atoms with Crippen LogP contribution in [-0.2, 0) is 9.84 Å². The van der Waals surface area contributed by atoms with Crippen molar-refractivity contribution in [1.82, 2.24) is 0 Å². The van der Waals surface area contributed by atoms with Crippen LogP contribution >= 0.6 is 0 Å². The van der Waals surface area contributed by atoms with Crippen LogP contribution in [0.25, 0.3) is 0 Å². The number of hydrogen-bond donors (Lipinski definition) is 0. The zero-order chi connectivity index (χ0) is 11.1. The minimum atomic E-state index is -3.16. The molecule has 0 amide bonds. The van der Waals surface area contributed by atoms with Gasteiger partial charge in [-0.25, -0.2) is 8.42 Å². The van der Waals surface area contributed by atoms with Crippen molar-refractivity contribution < 1.29 is 13.2 Å². The van der Waals surface area contributed by atoms with Crippen LogP contribution in [0.4, 0.5) is 0 Å². The molecule has 4 heteroatoms. The molecule has 1 saturated carbocycles. The first-order valence-corrected chi connectivity index (χ1v) is 6.49. The van der Waals surface area contributed by atoms with Crippen LogP contribution in [0.3, 0.4) is 0 Å². The molecule has 0 aliphatic heterocycles. The van der Waals surface area contributed by atoms with E-state index in [4.69, 9.17) is 4.74 Å². The molecule has 0 saturated heterocycles. The Morgan fingerprint density at radius 3 is 2.53 bits per heavy atom. The molecule has 1 aromatic rings. The number of aryl methyl sites for hydroxylation is 1. The third-order valence-electron chi connectivity index (χ3n) is 2.59. The van der Waals surface area contributed by atoms with Gasteiger partial charge in [-0.3, -0.25) is 0 Å². The lowest BCUT2D eigenvalue weighted by Crippen LogP contribution is -2.09. The average molecular weight is 226 g/mol. The Morgan fingerprint density at radius 1 is 1.33 bits per heavy atom. The summed E-state index contributed by atoms with van der Waals surface area (Å²) in [6.07, 6.45) is 1.55. The van der Waals surface area contributed by atoms with Gasteiger partial charge in [-0.1, -0.05) is 6.07 Å². The molecule has 1 fully saturated rings. The van der Waals surface area contributed by atoms with Crippen LogP contribution in [-0.4, -0.2) is 20.8 Å². The number of methoxy groups -OCH3 is 1. The molecule has 0 radical (unpaired) electrons. The summed E-state index contributed by atoms with van der Waals surface area (Å²) < 4.78 is 29.2. The lowest BCUT2D eigenvalue weighted by atomic mass is 10.2. The van der Waals surface area contributed by atoms with Crippen LogP contribution in [0.2, 0.25) is 0 Å². The van der Waals surface area contributed by atoms with Crippen molar-refractivity contribution in [3.63, 3.8) is 0 Å². The van der Waals surface area contributed by atoms with Gasteiger partial charge in [-0.15, -0.1) is 0 Å². The van der Waals surface area contributed by atoms with Crippen LogP contribution in [0.5, 0.6) is 5.75 Å². The number of rotatable bonds is 3. The molecule has 15 heavy (non-hydrogen) atoms. The maximum atomic E-state index is 12.0. The standard InChI is InChI=1S/C11H14O3S/c1-8-3-6-10(14-2)11(7-8)15(12,13)9-4-5-9/h3,6-7,9H,4-5H2,1-2H3. The quantitative estimate of drug-likeness (QED) is 0.791. The van der Waals surface area contributed by atoms with Gasteiger partial charge >= 0.3 is 0 Å². The molecule has 0 heterocycles. The largest absolute Gasteiger partial charge is 0.495 e. The van der Waals surface area contributed by atoms with E-state index < -0.39 is 9.84 Å². The second-order valence-electron chi connectivity index (χ2n) is 3.90. The van der Waals surface area contributed by atoms with E-state index in [9.17, 15) is 8.42 Å². The van der Waals surface area contributed by atoms with Crippen molar-refractivity contribution in [2.24, 2.45) is 0 Å². The smallest absolute Gasteiger partial charge is 0.184 e. The highest BCUT2D eigenvalue weighted by atomic mass is 32.2. The molecule has 1 aromatic carbocycles. The number of ether oxygens (including phenoxy) is 1. The van der Waals surface area contributed by atoms with Crippen molar-refractivity contribution in [3.05, 3.63) is 23.8 Å². The number of sulfone groups is 1. The molecule has 0 atom stereocenters. The predicted molar refractivity (Wildman–Crippen MR) is 57.9 cm³/mol. The third-order valence-corrected chi connectivity index (χ3v) is 4.87. The second kappa shape index (κ2) is 3.52. The Morgan fingerprint density at radius 2 is 2.00 bits per heavy atom. The molecule has 0 spiro atoms. The van der Waals surface area contributed by atoms with Gasteiger partial charge in [0.1, 0.15) is 10.6 Å². The van der Waals surface area contributed by atoms with Crippen LogP contribution < -0.4 is 4.74 Å². The van der Waals surface area contributed by atoms with Crippen LogP contribution in [0.1, 0.15) is 18.4 Å². The SMILES string of the molecule is COc1ccc(C)cc1S(=O)(=O)C1CC1. The monoisotopic (exact) mass is 226 g/mol. The van der Waals surface area contributed by atoms with Crippen LogP contribution in [0, 0.1) is 6.92 Å². The molecular weight excluding hydrogens is 212 g/mol. The van der Waals surface area contributed by atoms with Gasteiger partial charge in [-0.05, 0) is 37.5 Å². The summed E-state index contributed by atoms with van der Waals surface area (Å²) in [6.45, 7) is 1.88. The molecule has 0 unspecified atom stereocenters. The van der Waals surface area contributed by atoms with Crippen molar-refractivity contribution in [2.75, 3.05) is 7.11 Å². The highest BCUT2D eigenvalue weighted by molar-refractivity contribution is 7.92. The summed E-state index contributed by atoms with van der Waals surface area (Å²) in [5.74, 6) is 0.451. The van der Waals surface area contributed by atoms with Crippen molar-refractivity contribution in [3.8, 4) is 5.75 Å². The molecule has 2 rings (SSSR count). The van der Waals surface area contributed by atoms with Crippen molar-refractivity contribution >= 4 is 9.84 Å². The molecule has 3 nitrogen and oxygen atoms in total. The predicted octanol–water partition coefficient (Wildman–Crippen LogP) is 1.94. The lowest BCUT2D eigenvalue weighted by Gasteiger charge is -2.09. The van der Waals surface area contributed by atoms with E-state index >= 15 is 0 Å². The fourth-order valence-electron chi connectivity index (χ4n) is 1.56. The zero-order valence-electron chi connectivity index (χ0n) is 8.86. The molecular formula is C11H14O3S. The molecule has 1 aliphatic carbocycles. The summed E-state index contributed by atoms with van der Waals surface area (Å²) in [7, 11) is -1.66. The van der Waals surface area contributed by atoms with E-state index in [1.807, 2.05) is 13.0 Å². The number of hydrogen-bond acceptors (Lipinski definition) is 3. The van der Waals surface area contributed by atoms with E-state index in [1.54, 1.807) is 12.1 Å². The lowest BCUT2D eigenvalue weighted by molar-refractivity contribution is 0.402. The summed E-state index contributed by atoms with van der Waals surface area (Å²) in [5, 5.41) is -0.187. The first-order valence-electron chi connectivity index (χ1n) is 4.94. The third kappa shape index (κ3) is 1.86. The first kappa shape index (κ1) is 10.5. The van der Waals surface area contributed by atoms with E-state index in [1.165, 1.54) is 7.11 Å². The van der Waals surface area contributed by atoms with Gasteiger partial charge in [0.25, 0.3) is 0 Å². The summed E-state index contributed by atoms with van der Waals surface area (Å²) in [5.41, 5.74) is 0.940. The Bertz CT molecular complexity index is 473. The minimum absolute atomic E-state index is 0.187. The van der Waals surface area contributed by atoms with Gasteiger partial charge in [0, 0.05) is 0 Å². The Kier molecular flexibility index (Phi) is 2.46. The Balaban J connectivity index is 2.54. The maximum absolute atomic E-state index is 12.0. The topological polar surface area (TPSA) is 43.4 Å². The number of benzene rings is 1. The van der Waals surface area contributed by atoms with Gasteiger partial charge in [0.2, 0.25) is 0 Å². The average Bonchev–Trinajstić information content (AvgIpc) is 3.01. The van der Waals surface area contributed by atoms with E-state index in [0.29, 0.717) is 10.6 Å². The highest BCUT2D eigenvalue weighted by Gasteiger charge is 2.38. The van der Waals surface area contributed by atoms with E-state index in [2.05, 4.69) is 0 Å². The van der Waals surface area contributed by atoms with Crippen molar-refractivity contribution in [2.45, 2.75) is 29.9 Å². The minimum Gasteiger partial charge on any atom is -0.495 e. The van der Waals surface area contributed by atoms with Gasteiger partial charge in [0.05, 0.1) is 12.4 Å². The molecule has 1 aliphatic rings. The van der Waals surface area contributed by atoms with Gasteiger partial charge in [-0.2, -0.15) is 0 Å². The van der Waals surface area contributed by atoms with E-state index in [-0.39, 0.29) is 5.25 Å². The van der Waals surface area contributed by atoms with Gasteiger partial charge in [0.15, 0.2) is 9.84 Å². The zero-order valence-corrected chi connectivity index (χ0v) is 9.67. The maximum Gasteiger partial charge on any atom is 0.184 e. The first-order chi connectivity index (χ1) is 7.05. The van der Waals surface area contributed by atoms with Gasteiger partial charge < -0.3 is 4.74 Å². The molecule has 0 N–H and O–H groups in total. The summed E-state index contributed by atoms with van der Waals surface area (Å²) in [4.78, 5) is 0.340. The van der Waals surface area contributed by atoms with Crippen LogP contribution in [0.15, 0.2) is 23.1 Å². The Hall–Kier alpha value is -1.03. The fourth-order valence-corrected chi connectivity index (χ4v) is 3.46. The molecule has 0 aromatic heterocycles. The second-order valence-corrected chi connectivity index (χ2v) is 6.10. The molecule has 0 bridgehead atoms. The fraction of sp³-hybridized carbons (Fsp3) is 0.455. The van der Waals surface area contributed by atoms with Crippen molar-refractivity contribution in [1.29, 1.82) is 0 Å². The molecule has 82 valence electrons. The summed E-state index contributed by atoms with van der Waals surface area (Å²) in [6, 6.07) is 5.25. The Labute approximate surface area is 90.0 Å². The van der Waals surface area contributed by atoms with E-state index in [0.717, 1.165) is 18.4 Å². The normalized spacial score (nSPS) is 16.4. The summed E-state index contributed by atoms with van der Waals surface area (Å²) >= 11 is 0. The highest BCUT2D eigenvalue weighted by Crippen LogP contribution is 2.37.